The van der Waals surface area contributed by atoms with E-state index >= 15 is 0 Å². The molecule has 0 bridgehead atoms. The number of aryl methyl sites for hydroxylation is 2. The zero-order chi connectivity index (χ0) is 20.5. The van der Waals surface area contributed by atoms with E-state index < -0.39 is 0 Å². The van der Waals surface area contributed by atoms with E-state index in [9.17, 15) is 4.39 Å². The Labute approximate surface area is 170 Å². The first kappa shape index (κ1) is 19.5. The van der Waals surface area contributed by atoms with Crippen LogP contribution in [-0.4, -0.2) is 41.5 Å². The van der Waals surface area contributed by atoms with Crippen LogP contribution in [0.4, 0.5) is 15.9 Å². The Morgan fingerprint density at radius 2 is 2.07 bits per heavy atom. The zero-order valence-electron chi connectivity index (χ0n) is 17.2. The number of anilines is 2. The van der Waals surface area contributed by atoms with E-state index in [1.54, 1.807) is 13.2 Å². The number of halogens is 1. The van der Waals surface area contributed by atoms with Gasteiger partial charge in [0.05, 0.1) is 35.2 Å². The van der Waals surface area contributed by atoms with Crippen LogP contribution in [0.2, 0.25) is 0 Å². The van der Waals surface area contributed by atoms with Crippen LogP contribution >= 0.6 is 0 Å². The van der Waals surface area contributed by atoms with E-state index in [1.165, 1.54) is 6.07 Å². The van der Waals surface area contributed by atoms with E-state index in [4.69, 9.17) is 4.74 Å². The molecule has 3 aromatic rings. The molecule has 6 nitrogen and oxygen atoms in total. The summed E-state index contributed by atoms with van der Waals surface area (Å²) >= 11 is 0. The van der Waals surface area contributed by atoms with Gasteiger partial charge in [-0.2, -0.15) is 5.10 Å². The monoisotopic (exact) mass is 395 g/mol. The van der Waals surface area contributed by atoms with Crippen LogP contribution in [0.5, 0.6) is 0 Å². The highest BCUT2D eigenvalue weighted by molar-refractivity contribution is 5.92. The van der Waals surface area contributed by atoms with Crippen molar-refractivity contribution in [3.63, 3.8) is 0 Å². The molecule has 1 aliphatic heterocycles. The summed E-state index contributed by atoms with van der Waals surface area (Å²) in [6.07, 6.45) is 3.16. The van der Waals surface area contributed by atoms with Crippen LogP contribution in [0.25, 0.3) is 10.9 Å². The van der Waals surface area contributed by atoms with Crippen LogP contribution in [0.15, 0.2) is 30.5 Å². The van der Waals surface area contributed by atoms with Crippen LogP contribution in [-0.2, 0) is 4.74 Å². The largest absolute Gasteiger partial charge is 0.380 e. The third kappa shape index (κ3) is 3.87. The molecule has 4 rings (SSSR count). The Balaban J connectivity index is 1.68. The second-order valence-corrected chi connectivity index (χ2v) is 7.68. The van der Waals surface area contributed by atoms with Gasteiger partial charge in [0.2, 0.25) is 0 Å². The van der Waals surface area contributed by atoms with Gasteiger partial charge in [0.15, 0.2) is 5.82 Å². The number of hydrogen-bond acceptors (Lipinski definition) is 6. The van der Waals surface area contributed by atoms with E-state index in [0.29, 0.717) is 5.82 Å². The molecule has 0 amide bonds. The average molecular weight is 395 g/mol. The number of nitrogens with one attached hydrogen (secondary N) is 1. The van der Waals surface area contributed by atoms with Gasteiger partial charge in [0.25, 0.3) is 0 Å². The minimum atomic E-state index is -0.229. The number of ether oxygens (including phenoxy) is 1. The fourth-order valence-corrected chi connectivity index (χ4v) is 3.99. The van der Waals surface area contributed by atoms with Gasteiger partial charge in [0.1, 0.15) is 5.82 Å². The molecular weight excluding hydrogens is 369 g/mol. The van der Waals surface area contributed by atoms with E-state index in [0.717, 1.165) is 52.9 Å². The molecule has 1 saturated heterocycles. The van der Waals surface area contributed by atoms with Gasteiger partial charge >= 0.3 is 0 Å². The number of fused-ring (bicyclic) bond motifs is 1. The van der Waals surface area contributed by atoms with Gasteiger partial charge in [-0.05, 0) is 56.5 Å². The molecule has 0 aliphatic carbocycles. The van der Waals surface area contributed by atoms with E-state index in [1.807, 2.05) is 33.0 Å². The Hall–Kier alpha value is -2.80. The van der Waals surface area contributed by atoms with Gasteiger partial charge in [-0.1, -0.05) is 6.07 Å². The molecule has 7 heteroatoms. The number of hydrogen-bond donors (Lipinski definition) is 1. The van der Waals surface area contributed by atoms with Crippen molar-refractivity contribution in [1.82, 2.24) is 15.2 Å². The predicted octanol–water partition coefficient (Wildman–Crippen LogP) is 4.18. The topological polar surface area (TPSA) is 63.2 Å². The average Bonchev–Trinajstić information content (AvgIpc) is 3.19. The Bertz CT molecular complexity index is 1040. The van der Waals surface area contributed by atoms with Crippen molar-refractivity contribution in [2.24, 2.45) is 0 Å². The summed E-state index contributed by atoms with van der Waals surface area (Å²) in [6, 6.07) is 6.91. The predicted molar refractivity (Wildman–Crippen MR) is 113 cm³/mol. The van der Waals surface area contributed by atoms with Gasteiger partial charge in [-0.15, -0.1) is 5.10 Å². The second-order valence-electron chi connectivity index (χ2n) is 7.68. The van der Waals surface area contributed by atoms with Gasteiger partial charge < -0.3 is 15.0 Å². The summed E-state index contributed by atoms with van der Waals surface area (Å²) in [4.78, 5) is 6.96. The minimum absolute atomic E-state index is 0.0517. The summed E-state index contributed by atoms with van der Waals surface area (Å²) in [7, 11) is 1.76. The van der Waals surface area contributed by atoms with Crippen LogP contribution < -0.4 is 10.2 Å². The molecule has 1 N–H and O–H groups in total. The maximum absolute atomic E-state index is 13.5. The van der Waals surface area contributed by atoms with Gasteiger partial charge in [-0.25, -0.2) is 4.39 Å². The third-order valence-electron chi connectivity index (χ3n) is 5.67. The van der Waals surface area contributed by atoms with Crippen LogP contribution in [0.1, 0.15) is 36.2 Å². The Morgan fingerprint density at radius 1 is 1.24 bits per heavy atom. The molecule has 2 atom stereocenters. The summed E-state index contributed by atoms with van der Waals surface area (Å²) in [5.41, 5.74) is 4.60. The van der Waals surface area contributed by atoms with Crippen LogP contribution in [0.3, 0.4) is 0 Å². The first-order valence-corrected chi connectivity index (χ1v) is 9.89. The lowest BCUT2D eigenvalue weighted by Gasteiger charge is -2.21. The highest BCUT2D eigenvalue weighted by Gasteiger charge is 2.23. The number of nitrogens with zero attached hydrogens (tertiary/aromatic N) is 4. The van der Waals surface area contributed by atoms with Crippen molar-refractivity contribution in [3.8, 4) is 0 Å². The number of aromatic nitrogens is 3. The molecule has 0 saturated carbocycles. The fraction of sp³-hybridized carbons (Fsp3) is 0.409. The van der Waals surface area contributed by atoms with Crippen LogP contribution in [0, 0.1) is 19.7 Å². The molecule has 3 heterocycles. The van der Waals surface area contributed by atoms with Crippen molar-refractivity contribution in [3.05, 3.63) is 53.1 Å². The van der Waals surface area contributed by atoms with Gasteiger partial charge in [-0.3, -0.25) is 4.98 Å². The molecule has 1 aromatic carbocycles. The smallest absolute Gasteiger partial charge is 0.158 e. The molecule has 0 unspecified atom stereocenters. The number of benzene rings is 1. The summed E-state index contributed by atoms with van der Waals surface area (Å²) < 4.78 is 19.0. The van der Waals surface area contributed by atoms with E-state index in [2.05, 4.69) is 31.5 Å². The molecule has 1 aliphatic rings. The fourth-order valence-electron chi connectivity index (χ4n) is 3.99. The molecule has 1 fully saturated rings. The molecular formula is C22H26FN5O. The number of methoxy groups -OCH3 is 1. The first-order valence-electron chi connectivity index (χ1n) is 9.89. The number of pyridine rings is 1. The highest BCUT2D eigenvalue weighted by atomic mass is 19.1. The van der Waals surface area contributed by atoms with Crippen molar-refractivity contribution >= 4 is 22.4 Å². The molecule has 152 valence electrons. The Morgan fingerprint density at radius 3 is 2.79 bits per heavy atom. The maximum atomic E-state index is 13.5. The maximum Gasteiger partial charge on any atom is 0.158 e. The molecule has 0 radical (unpaired) electrons. The Kier molecular flexibility index (Phi) is 5.32. The standard InChI is InChI=1S/C22H26FN5O/c1-13-9-16(23)5-6-19(13)14(2)25-22-20-10-17(28-8-7-18(12-28)29-4)11-24-21(20)15(3)26-27-22/h5-6,9-11,14,18H,7-8,12H2,1-4H3,(H,25,27)/t14-,18+/m1/s1. The summed E-state index contributed by atoms with van der Waals surface area (Å²) in [5.74, 6) is 0.450. The van der Waals surface area contributed by atoms with Crippen molar-refractivity contribution < 1.29 is 9.13 Å². The molecule has 0 spiro atoms. The molecule has 29 heavy (non-hydrogen) atoms. The lowest BCUT2D eigenvalue weighted by Crippen LogP contribution is -2.22. The highest BCUT2D eigenvalue weighted by Crippen LogP contribution is 2.30. The molecule has 2 aromatic heterocycles. The second kappa shape index (κ2) is 7.91. The van der Waals surface area contributed by atoms with Crippen molar-refractivity contribution in [2.45, 2.75) is 39.3 Å². The quantitative estimate of drug-likeness (QED) is 0.699. The minimum Gasteiger partial charge on any atom is -0.380 e. The zero-order valence-corrected chi connectivity index (χ0v) is 17.2. The third-order valence-corrected chi connectivity index (χ3v) is 5.67. The van der Waals surface area contributed by atoms with E-state index in [-0.39, 0.29) is 18.0 Å². The summed E-state index contributed by atoms with van der Waals surface area (Å²) in [5, 5.41) is 13.1. The normalized spacial score (nSPS) is 17.7. The first-order chi connectivity index (χ1) is 14.0. The van der Waals surface area contributed by atoms with Crippen molar-refractivity contribution in [2.75, 3.05) is 30.4 Å². The van der Waals surface area contributed by atoms with Crippen molar-refractivity contribution in [1.29, 1.82) is 0 Å². The summed E-state index contributed by atoms with van der Waals surface area (Å²) in [6.45, 7) is 7.66. The lowest BCUT2D eigenvalue weighted by molar-refractivity contribution is 0.121. The van der Waals surface area contributed by atoms with Gasteiger partial charge in [0, 0.05) is 25.6 Å². The SMILES string of the molecule is CO[C@H]1CCN(c2cnc3c(C)nnc(N[C@H](C)c4ccc(F)cc4C)c3c2)C1. The number of rotatable bonds is 5. The lowest BCUT2D eigenvalue weighted by atomic mass is 10.0.